The number of hydrogen-bond acceptors (Lipinski definition) is 5. The van der Waals surface area contributed by atoms with E-state index >= 15 is 0 Å². The second-order valence-electron chi connectivity index (χ2n) is 6.50. The Balaban J connectivity index is 1.40. The van der Waals surface area contributed by atoms with E-state index in [1.807, 2.05) is 31.2 Å². The highest BCUT2D eigenvalue weighted by Gasteiger charge is 2.18. The molecule has 3 aromatic rings. The summed E-state index contributed by atoms with van der Waals surface area (Å²) in [5.41, 5.74) is 2.68. The van der Waals surface area contributed by atoms with Crippen LogP contribution in [0.5, 0.6) is 11.5 Å². The van der Waals surface area contributed by atoms with Crippen molar-refractivity contribution in [2.24, 2.45) is 0 Å². The van der Waals surface area contributed by atoms with Gasteiger partial charge in [-0.25, -0.2) is 9.67 Å². The lowest BCUT2D eigenvalue weighted by molar-refractivity contribution is -0.121. The van der Waals surface area contributed by atoms with Crippen molar-refractivity contribution in [1.29, 1.82) is 0 Å². The predicted molar refractivity (Wildman–Crippen MR) is 104 cm³/mol. The van der Waals surface area contributed by atoms with Gasteiger partial charge in [0.1, 0.15) is 25.9 Å². The zero-order chi connectivity index (χ0) is 19.5. The Morgan fingerprint density at radius 1 is 1.25 bits per heavy atom. The highest BCUT2D eigenvalue weighted by molar-refractivity contribution is 6.32. The molecule has 1 atom stereocenters. The van der Waals surface area contributed by atoms with Gasteiger partial charge in [-0.3, -0.25) is 4.79 Å². The Hall–Kier alpha value is -3.06. The number of nitrogens with one attached hydrogen (secondary N) is 1. The highest BCUT2D eigenvalue weighted by atomic mass is 35.5. The van der Waals surface area contributed by atoms with Crippen LogP contribution in [-0.4, -0.2) is 33.9 Å². The third-order valence-electron chi connectivity index (χ3n) is 4.48. The number of halogens is 1. The zero-order valence-corrected chi connectivity index (χ0v) is 16.0. The molecule has 0 bridgehead atoms. The van der Waals surface area contributed by atoms with Crippen LogP contribution in [-0.2, 0) is 11.2 Å². The first-order valence-electron chi connectivity index (χ1n) is 8.92. The third kappa shape index (κ3) is 3.94. The quantitative estimate of drug-likeness (QED) is 0.714. The monoisotopic (exact) mass is 398 g/mol. The number of carbonyl (C=O) groups excluding carboxylic acids is 1. The molecule has 2 heterocycles. The number of ether oxygens (including phenoxy) is 2. The van der Waals surface area contributed by atoms with Gasteiger partial charge in [0.2, 0.25) is 5.91 Å². The molecule has 144 valence electrons. The van der Waals surface area contributed by atoms with Crippen LogP contribution in [0.4, 0.5) is 0 Å². The zero-order valence-electron chi connectivity index (χ0n) is 15.3. The largest absolute Gasteiger partial charge is 0.486 e. The number of fused-ring (bicyclic) bond motifs is 1. The van der Waals surface area contributed by atoms with E-state index in [1.165, 1.54) is 6.33 Å². The molecule has 28 heavy (non-hydrogen) atoms. The lowest BCUT2D eigenvalue weighted by atomic mass is 10.1. The molecule has 1 aliphatic heterocycles. The molecule has 0 aliphatic carbocycles. The number of benzene rings is 2. The van der Waals surface area contributed by atoms with Crippen molar-refractivity contribution in [2.75, 3.05) is 13.2 Å². The molecule has 4 rings (SSSR count). The van der Waals surface area contributed by atoms with Crippen LogP contribution >= 0.6 is 11.6 Å². The number of hydrogen-bond donors (Lipinski definition) is 1. The van der Waals surface area contributed by atoms with Gasteiger partial charge >= 0.3 is 0 Å². The average molecular weight is 399 g/mol. The van der Waals surface area contributed by atoms with Crippen LogP contribution in [0.25, 0.3) is 5.69 Å². The van der Waals surface area contributed by atoms with Gasteiger partial charge in [-0.15, -0.1) is 0 Å². The van der Waals surface area contributed by atoms with Gasteiger partial charge in [-0.05, 0) is 42.3 Å². The SMILES string of the molecule is C[C@@H](NC(=O)Cc1cc(Cl)c2c(c1)OCCO2)c1ccc(-n2cncn2)cc1. The van der Waals surface area contributed by atoms with Crippen LogP contribution in [0, 0.1) is 0 Å². The third-order valence-corrected chi connectivity index (χ3v) is 4.76. The molecule has 8 heteroatoms. The van der Waals surface area contributed by atoms with Crippen LogP contribution < -0.4 is 14.8 Å². The van der Waals surface area contributed by atoms with Crippen LogP contribution in [0.2, 0.25) is 5.02 Å². The molecule has 0 spiro atoms. The molecule has 2 aromatic carbocycles. The van der Waals surface area contributed by atoms with Gasteiger partial charge in [-0.1, -0.05) is 23.7 Å². The molecule has 0 radical (unpaired) electrons. The summed E-state index contributed by atoms with van der Waals surface area (Å²) in [5.74, 6) is 1.02. The highest BCUT2D eigenvalue weighted by Crippen LogP contribution is 2.38. The number of rotatable bonds is 5. The van der Waals surface area contributed by atoms with Gasteiger partial charge in [0, 0.05) is 0 Å². The van der Waals surface area contributed by atoms with Crippen molar-refractivity contribution in [3.63, 3.8) is 0 Å². The molecule has 1 amide bonds. The number of aromatic nitrogens is 3. The number of carbonyl (C=O) groups is 1. The van der Waals surface area contributed by atoms with Gasteiger partial charge < -0.3 is 14.8 Å². The number of nitrogens with zero attached hydrogens (tertiary/aromatic N) is 3. The summed E-state index contributed by atoms with van der Waals surface area (Å²) in [6, 6.07) is 11.2. The van der Waals surface area contributed by atoms with E-state index in [0.29, 0.717) is 29.7 Å². The Bertz CT molecular complexity index is 974. The summed E-state index contributed by atoms with van der Waals surface area (Å²) in [6.07, 6.45) is 3.33. The molecule has 1 aromatic heterocycles. The minimum Gasteiger partial charge on any atom is -0.486 e. The maximum Gasteiger partial charge on any atom is 0.224 e. The summed E-state index contributed by atoms with van der Waals surface area (Å²) in [7, 11) is 0. The fourth-order valence-electron chi connectivity index (χ4n) is 3.08. The maximum absolute atomic E-state index is 12.5. The standard InChI is InChI=1S/C20H19ClN4O3/c1-13(15-2-4-16(5-3-15)25-12-22-11-23-25)24-19(26)10-14-8-17(21)20-18(9-14)27-6-7-28-20/h2-5,8-9,11-13H,6-7,10H2,1H3,(H,24,26)/t13-/m1/s1. The molecular formula is C20H19ClN4O3. The first-order valence-corrected chi connectivity index (χ1v) is 9.30. The van der Waals surface area contributed by atoms with E-state index in [4.69, 9.17) is 21.1 Å². The summed E-state index contributed by atoms with van der Waals surface area (Å²) >= 11 is 6.24. The van der Waals surface area contributed by atoms with Crippen molar-refractivity contribution >= 4 is 17.5 Å². The second-order valence-corrected chi connectivity index (χ2v) is 6.91. The molecule has 0 saturated heterocycles. The lowest BCUT2D eigenvalue weighted by Gasteiger charge is -2.20. The van der Waals surface area contributed by atoms with Crippen molar-refractivity contribution in [1.82, 2.24) is 20.1 Å². The Kier molecular flexibility index (Phi) is 5.16. The summed E-state index contributed by atoms with van der Waals surface area (Å²) < 4.78 is 12.8. The van der Waals surface area contributed by atoms with Gasteiger partial charge in [0.25, 0.3) is 0 Å². The Labute approximate surface area is 167 Å². The Morgan fingerprint density at radius 3 is 2.79 bits per heavy atom. The van der Waals surface area contributed by atoms with E-state index in [-0.39, 0.29) is 18.4 Å². The first kappa shape index (κ1) is 18.3. The predicted octanol–water partition coefficient (Wildman–Crippen LogP) is 3.11. The van der Waals surface area contributed by atoms with Crippen molar-refractivity contribution in [2.45, 2.75) is 19.4 Å². The summed E-state index contributed by atoms with van der Waals surface area (Å²) in [4.78, 5) is 16.4. The first-order chi connectivity index (χ1) is 13.6. The summed E-state index contributed by atoms with van der Waals surface area (Å²) in [5, 5.41) is 7.56. The molecule has 7 nitrogen and oxygen atoms in total. The van der Waals surface area contributed by atoms with E-state index in [2.05, 4.69) is 15.4 Å². The van der Waals surface area contributed by atoms with Gasteiger partial charge in [0.05, 0.1) is 23.2 Å². The molecule has 0 unspecified atom stereocenters. The van der Waals surface area contributed by atoms with Gasteiger partial charge in [0.15, 0.2) is 11.5 Å². The average Bonchev–Trinajstić information content (AvgIpc) is 3.23. The minimum absolute atomic E-state index is 0.0967. The molecular weight excluding hydrogens is 380 g/mol. The fourth-order valence-corrected chi connectivity index (χ4v) is 3.37. The van der Waals surface area contributed by atoms with Crippen molar-refractivity contribution < 1.29 is 14.3 Å². The smallest absolute Gasteiger partial charge is 0.224 e. The molecule has 0 saturated carbocycles. The van der Waals surface area contributed by atoms with E-state index < -0.39 is 0 Å². The van der Waals surface area contributed by atoms with Crippen LogP contribution in [0.1, 0.15) is 24.1 Å². The second kappa shape index (κ2) is 7.90. The van der Waals surface area contributed by atoms with Crippen molar-refractivity contribution in [3.8, 4) is 17.2 Å². The van der Waals surface area contributed by atoms with Gasteiger partial charge in [-0.2, -0.15) is 5.10 Å². The lowest BCUT2D eigenvalue weighted by Crippen LogP contribution is -2.28. The molecule has 1 N–H and O–H groups in total. The topological polar surface area (TPSA) is 78.3 Å². The van der Waals surface area contributed by atoms with E-state index in [1.54, 1.807) is 23.1 Å². The maximum atomic E-state index is 12.5. The normalized spacial score (nSPS) is 13.8. The number of amides is 1. The minimum atomic E-state index is -0.134. The van der Waals surface area contributed by atoms with Crippen LogP contribution in [0.3, 0.4) is 0 Å². The molecule has 1 aliphatic rings. The fraction of sp³-hybridized carbons (Fsp3) is 0.250. The summed E-state index contributed by atoms with van der Waals surface area (Å²) in [6.45, 7) is 2.89. The van der Waals surface area contributed by atoms with Crippen LogP contribution in [0.15, 0.2) is 49.1 Å². The van der Waals surface area contributed by atoms with Crippen molar-refractivity contribution in [3.05, 3.63) is 65.2 Å². The van der Waals surface area contributed by atoms with E-state index in [0.717, 1.165) is 16.8 Å². The van der Waals surface area contributed by atoms with E-state index in [9.17, 15) is 4.79 Å². The molecule has 0 fully saturated rings. The Morgan fingerprint density at radius 2 is 2.04 bits per heavy atom.